The van der Waals surface area contributed by atoms with Crippen molar-refractivity contribution in [3.63, 3.8) is 0 Å². The van der Waals surface area contributed by atoms with Gasteiger partial charge in [-0.1, -0.05) is 11.6 Å². The van der Waals surface area contributed by atoms with Crippen molar-refractivity contribution in [3.05, 3.63) is 29.0 Å². The third-order valence-corrected chi connectivity index (χ3v) is 4.38. The van der Waals surface area contributed by atoms with Crippen LogP contribution in [0.25, 0.3) is 11.0 Å². The SMILES string of the molecule is Cn1ncc(Cl)c1C(=O)Nc1ccc(N2CCOCC2)c2nonc12. The molecule has 0 bridgehead atoms. The standard InChI is InChI=1S/C15H15ClN6O3/c1-21-14(9(16)8-17-21)15(23)18-10-2-3-11(13-12(10)19-25-20-13)22-4-6-24-7-5-22/h2-3,8H,4-7H2,1H3,(H,18,23). The Labute approximate surface area is 147 Å². The number of hydrogen-bond donors (Lipinski definition) is 1. The van der Waals surface area contributed by atoms with Gasteiger partial charge in [0.15, 0.2) is 11.0 Å². The molecule has 130 valence electrons. The molecular formula is C15H15ClN6O3. The summed E-state index contributed by atoms with van der Waals surface area (Å²) in [6.45, 7) is 2.84. The summed E-state index contributed by atoms with van der Waals surface area (Å²) in [4.78, 5) is 14.7. The van der Waals surface area contributed by atoms with Crippen LogP contribution in [0.5, 0.6) is 0 Å². The van der Waals surface area contributed by atoms with E-state index in [9.17, 15) is 4.79 Å². The Morgan fingerprint density at radius 2 is 2.00 bits per heavy atom. The molecule has 1 fully saturated rings. The summed E-state index contributed by atoms with van der Waals surface area (Å²) in [5.74, 6) is -0.381. The van der Waals surface area contributed by atoms with Gasteiger partial charge in [-0.2, -0.15) is 5.10 Å². The van der Waals surface area contributed by atoms with Gasteiger partial charge >= 0.3 is 0 Å². The second kappa shape index (κ2) is 6.34. The lowest BCUT2D eigenvalue weighted by Gasteiger charge is -2.28. The molecule has 4 rings (SSSR count). The zero-order valence-corrected chi connectivity index (χ0v) is 14.2. The van der Waals surface area contributed by atoms with Crippen LogP contribution in [0.3, 0.4) is 0 Å². The molecule has 9 nitrogen and oxygen atoms in total. The minimum atomic E-state index is -0.381. The van der Waals surface area contributed by atoms with Crippen molar-refractivity contribution in [2.45, 2.75) is 0 Å². The maximum atomic E-state index is 12.5. The zero-order valence-electron chi connectivity index (χ0n) is 13.4. The zero-order chi connectivity index (χ0) is 17.4. The largest absolute Gasteiger partial charge is 0.378 e. The third-order valence-electron chi connectivity index (χ3n) is 4.10. The number of nitrogens with zero attached hydrogens (tertiary/aromatic N) is 5. The number of anilines is 2. The summed E-state index contributed by atoms with van der Waals surface area (Å²) >= 11 is 6.02. The smallest absolute Gasteiger partial charge is 0.275 e. The lowest BCUT2D eigenvalue weighted by molar-refractivity contribution is 0.101. The number of morpholine rings is 1. The van der Waals surface area contributed by atoms with E-state index in [0.717, 1.165) is 18.8 Å². The maximum absolute atomic E-state index is 12.5. The fourth-order valence-corrected chi connectivity index (χ4v) is 3.11. The number of hydrogen-bond acceptors (Lipinski definition) is 7. The van der Waals surface area contributed by atoms with E-state index >= 15 is 0 Å². The molecule has 0 unspecified atom stereocenters. The number of nitrogens with one attached hydrogen (secondary N) is 1. The van der Waals surface area contributed by atoms with Crippen LogP contribution in [0.4, 0.5) is 11.4 Å². The van der Waals surface area contributed by atoms with Gasteiger partial charge in [0.2, 0.25) is 0 Å². The molecule has 3 heterocycles. The van der Waals surface area contributed by atoms with E-state index in [2.05, 4.69) is 25.6 Å². The molecule has 0 saturated carbocycles. The molecule has 3 aromatic rings. The van der Waals surface area contributed by atoms with Gasteiger partial charge in [-0.25, -0.2) is 4.63 Å². The number of amides is 1. The number of rotatable bonds is 3. The Hall–Kier alpha value is -2.65. The number of benzene rings is 1. The number of aryl methyl sites for hydroxylation is 1. The molecule has 1 aliphatic rings. The minimum Gasteiger partial charge on any atom is -0.378 e. The quantitative estimate of drug-likeness (QED) is 0.757. The lowest BCUT2D eigenvalue weighted by Crippen LogP contribution is -2.36. The first-order chi connectivity index (χ1) is 12.1. The second-order valence-electron chi connectivity index (χ2n) is 5.61. The van der Waals surface area contributed by atoms with E-state index in [1.807, 2.05) is 6.07 Å². The van der Waals surface area contributed by atoms with Gasteiger partial charge in [0, 0.05) is 20.1 Å². The van der Waals surface area contributed by atoms with Crippen molar-refractivity contribution in [1.82, 2.24) is 20.1 Å². The Kier molecular flexibility index (Phi) is 4.02. The summed E-state index contributed by atoms with van der Waals surface area (Å²) in [6.07, 6.45) is 1.42. The first-order valence-corrected chi connectivity index (χ1v) is 8.10. The molecular weight excluding hydrogens is 348 g/mol. The van der Waals surface area contributed by atoms with Gasteiger partial charge in [0.1, 0.15) is 5.69 Å². The summed E-state index contributed by atoms with van der Waals surface area (Å²) in [5, 5.41) is 15.0. The van der Waals surface area contributed by atoms with Crippen molar-refractivity contribution in [1.29, 1.82) is 0 Å². The molecule has 10 heteroatoms. The molecule has 1 aliphatic heterocycles. The van der Waals surface area contributed by atoms with E-state index in [-0.39, 0.29) is 16.6 Å². The van der Waals surface area contributed by atoms with Crippen LogP contribution >= 0.6 is 11.6 Å². The Balaban J connectivity index is 1.67. The van der Waals surface area contributed by atoms with Crippen LogP contribution in [-0.4, -0.2) is 52.3 Å². The second-order valence-corrected chi connectivity index (χ2v) is 6.02. The van der Waals surface area contributed by atoms with Crippen LogP contribution in [0.2, 0.25) is 5.02 Å². The Morgan fingerprint density at radius 1 is 1.24 bits per heavy atom. The van der Waals surface area contributed by atoms with Gasteiger partial charge in [-0.15, -0.1) is 0 Å². The molecule has 0 aliphatic carbocycles. The lowest BCUT2D eigenvalue weighted by atomic mass is 10.2. The highest BCUT2D eigenvalue weighted by atomic mass is 35.5. The third kappa shape index (κ3) is 2.81. The molecule has 2 aromatic heterocycles. The van der Waals surface area contributed by atoms with E-state index in [1.54, 1.807) is 13.1 Å². The van der Waals surface area contributed by atoms with Crippen LogP contribution in [0.1, 0.15) is 10.5 Å². The summed E-state index contributed by atoms with van der Waals surface area (Å²) in [7, 11) is 1.65. The highest BCUT2D eigenvalue weighted by molar-refractivity contribution is 6.34. The summed E-state index contributed by atoms with van der Waals surface area (Å²) in [6, 6.07) is 3.66. The van der Waals surface area contributed by atoms with Gasteiger partial charge < -0.3 is 15.0 Å². The average molecular weight is 363 g/mol. The fraction of sp³-hybridized carbons (Fsp3) is 0.333. The average Bonchev–Trinajstić information content (AvgIpc) is 3.23. The number of halogens is 1. The van der Waals surface area contributed by atoms with Crippen LogP contribution < -0.4 is 10.2 Å². The first kappa shape index (κ1) is 15.9. The molecule has 1 amide bonds. The topological polar surface area (TPSA) is 98.3 Å². The number of carbonyl (C=O) groups is 1. The minimum absolute atomic E-state index is 0.267. The number of carbonyl (C=O) groups excluding carboxylic acids is 1. The van der Waals surface area contributed by atoms with Crippen molar-refractivity contribution in [3.8, 4) is 0 Å². The molecule has 1 N–H and O–H groups in total. The van der Waals surface area contributed by atoms with Crippen LogP contribution in [0, 0.1) is 0 Å². The molecule has 0 spiro atoms. The van der Waals surface area contributed by atoms with E-state index in [4.69, 9.17) is 21.0 Å². The molecule has 1 saturated heterocycles. The summed E-state index contributed by atoms with van der Waals surface area (Å²) < 4.78 is 11.7. The Morgan fingerprint density at radius 3 is 2.72 bits per heavy atom. The predicted octanol–water partition coefficient (Wildman–Crippen LogP) is 1.70. The summed E-state index contributed by atoms with van der Waals surface area (Å²) in [5.41, 5.74) is 2.74. The molecule has 25 heavy (non-hydrogen) atoms. The van der Waals surface area contributed by atoms with E-state index < -0.39 is 0 Å². The Bertz CT molecular complexity index is 911. The van der Waals surface area contributed by atoms with Crippen molar-refractivity contribution in [2.24, 2.45) is 7.05 Å². The van der Waals surface area contributed by atoms with E-state index in [0.29, 0.717) is 29.9 Å². The molecule has 0 atom stereocenters. The van der Waals surface area contributed by atoms with Crippen LogP contribution in [0.15, 0.2) is 23.0 Å². The monoisotopic (exact) mass is 362 g/mol. The normalized spacial score (nSPS) is 14.9. The van der Waals surface area contributed by atoms with Crippen LogP contribution in [-0.2, 0) is 11.8 Å². The first-order valence-electron chi connectivity index (χ1n) is 7.72. The highest BCUT2D eigenvalue weighted by Crippen LogP contribution is 2.31. The molecule has 1 aromatic carbocycles. The number of ether oxygens (including phenoxy) is 1. The number of aromatic nitrogens is 4. The van der Waals surface area contributed by atoms with Gasteiger partial charge in [-0.3, -0.25) is 9.48 Å². The van der Waals surface area contributed by atoms with Gasteiger partial charge in [0.25, 0.3) is 5.91 Å². The molecule has 0 radical (unpaired) electrons. The predicted molar refractivity (Wildman–Crippen MR) is 91.0 cm³/mol. The number of fused-ring (bicyclic) bond motifs is 1. The van der Waals surface area contributed by atoms with Gasteiger partial charge in [-0.05, 0) is 22.4 Å². The van der Waals surface area contributed by atoms with E-state index in [1.165, 1.54) is 10.9 Å². The maximum Gasteiger partial charge on any atom is 0.275 e. The fourth-order valence-electron chi connectivity index (χ4n) is 2.86. The highest BCUT2D eigenvalue weighted by Gasteiger charge is 2.21. The van der Waals surface area contributed by atoms with Gasteiger partial charge in [0.05, 0.1) is 35.8 Å². The van der Waals surface area contributed by atoms with Crippen molar-refractivity contribution >= 4 is 39.9 Å². The van der Waals surface area contributed by atoms with Crippen molar-refractivity contribution in [2.75, 3.05) is 36.5 Å². The van der Waals surface area contributed by atoms with Crippen molar-refractivity contribution < 1.29 is 14.2 Å².